The zero-order valence-electron chi connectivity index (χ0n) is 14.9. The molecule has 0 aliphatic carbocycles. The van der Waals surface area contributed by atoms with Crippen LogP contribution in [0.3, 0.4) is 0 Å². The van der Waals surface area contributed by atoms with E-state index in [9.17, 15) is 4.79 Å². The Bertz CT molecular complexity index is 1050. The minimum absolute atomic E-state index is 0.266. The van der Waals surface area contributed by atoms with E-state index in [1.54, 1.807) is 0 Å². The quantitative estimate of drug-likeness (QED) is 0.737. The number of rotatable bonds is 2. The number of benzene rings is 1. The maximum atomic E-state index is 12.0. The molecule has 0 spiro atoms. The van der Waals surface area contributed by atoms with E-state index in [1.165, 1.54) is 0 Å². The summed E-state index contributed by atoms with van der Waals surface area (Å²) in [5.41, 5.74) is 2.29. The van der Waals surface area contributed by atoms with Gasteiger partial charge in [0.2, 0.25) is 5.91 Å². The van der Waals surface area contributed by atoms with Crippen molar-refractivity contribution in [2.45, 2.75) is 25.8 Å². The molecule has 2 aliphatic heterocycles. The molecule has 0 bridgehead atoms. The number of hydrogen-bond acceptors (Lipinski definition) is 5. The third-order valence-corrected chi connectivity index (χ3v) is 5.70. The van der Waals surface area contributed by atoms with Crippen molar-refractivity contribution in [2.75, 3.05) is 24.5 Å². The van der Waals surface area contributed by atoms with E-state index in [0.29, 0.717) is 28.7 Å². The van der Waals surface area contributed by atoms with Crippen LogP contribution in [0.25, 0.3) is 22.6 Å². The normalized spacial score (nSPS) is 19.8. The predicted molar refractivity (Wildman–Crippen MR) is 104 cm³/mol. The Morgan fingerprint density at radius 2 is 2.04 bits per heavy atom. The molecule has 1 unspecified atom stereocenters. The van der Waals surface area contributed by atoms with E-state index in [4.69, 9.17) is 16.6 Å². The lowest BCUT2D eigenvalue weighted by Crippen LogP contribution is -2.51. The maximum Gasteiger partial charge on any atom is 0.223 e. The van der Waals surface area contributed by atoms with Gasteiger partial charge in [-0.1, -0.05) is 23.7 Å². The van der Waals surface area contributed by atoms with Crippen molar-refractivity contribution < 1.29 is 4.79 Å². The molecule has 1 amide bonds. The molecule has 2 aromatic heterocycles. The van der Waals surface area contributed by atoms with Gasteiger partial charge in [-0.3, -0.25) is 4.79 Å². The van der Waals surface area contributed by atoms with E-state index in [1.807, 2.05) is 36.1 Å². The number of H-pyrrole nitrogens is 1. The van der Waals surface area contributed by atoms with Gasteiger partial charge in [-0.2, -0.15) is 0 Å². The summed E-state index contributed by atoms with van der Waals surface area (Å²) in [5, 5.41) is 0.640. The molecule has 4 heterocycles. The third-order valence-electron chi connectivity index (χ3n) is 5.37. The molecule has 27 heavy (non-hydrogen) atoms. The lowest BCUT2D eigenvalue weighted by Gasteiger charge is -2.38. The van der Waals surface area contributed by atoms with E-state index >= 15 is 0 Å². The first-order valence-electron chi connectivity index (χ1n) is 9.14. The molecular formula is C19H19ClN6O. The second-order valence-electron chi connectivity index (χ2n) is 7.08. The van der Waals surface area contributed by atoms with Gasteiger partial charge in [0, 0.05) is 37.7 Å². The van der Waals surface area contributed by atoms with Crippen LogP contribution in [0.4, 0.5) is 5.82 Å². The van der Waals surface area contributed by atoms with Crippen LogP contribution in [0, 0.1) is 6.92 Å². The molecule has 138 valence electrons. The highest BCUT2D eigenvalue weighted by Crippen LogP contribution is 2.32. The minimum atomic E-state index is 0.266. The van der Waals surface area contributed by atoms with Gasteiger partial charge < -0.3 is 14.8 Å². The number of carbonyl (C=O) groups excluding carboxylic acids is 1. The first-order valence-corrected chi connectivity index (χ1v) is 9.51. The van der Waals surface area contributed by atoms with Crippen LogP contribution in [-0.2, 0) is 4.79 Å². The number of halogens is 1. The highest BCUT2D eigenvalue weighted by Gasteiger charge is 2.36. The summed E-state index contributed by atoms with van der Waals surface area (Å²) in [6.07, 6.45) is 1.56. The molecule has 1 atom stereocenters. The number of nitrogens with one attached hydrogen (secondary N) is 1. The zero-order chi connectivity index (χ0) is 18.5. The predicted octanol–water partition coefficient (Wildman–Crippen LogP) is 2.79. The standard InChI is InChI=1S/C19H19ClN6O/c1-11-21-18-16(23-17(24-18)13-4-2-3-5-14(13)20)19(22-11)25-8-9-26-12(10-25)6-7-15(26)27/h2-5,12H,6-10H2,1H3,(H,21,22,23,24). The van der Waals surface area contributed by atoms with Crippen LogP contribution >= 0.6 is 11.6 Å². The highest BCUT2D eigenvalue weighted by atomic mass is 35.5. The van der Waals surface area contributed by atoms with Crippen molar-refractivity contribution in [3.8, 4) is 11.4 Å². The number of piperazine rings is 1. The Kier molecular flexibility index (Phi) is 3.79. The van der Waals surface area contributed by atoms with Crippen molar-refractivity contribution in [2.24, 2.45) is 0 Å². The Balaban J connectivity index is 1.57. The monoisotopic (exact) mass is 382 g/mol. The fourth-order valence-electron chi connectivity index (χ4n) is 4.05. The first kappa shape index (κ1) is 16.5. The largest absolute Gasteiger partial charge is 0.351 e. The number of nitrogens with zero attached hydrogens (tertiary/aromatic N) is 5. The van der Waals surface area contributed by atoms with Crippen LogP contribution in [0.1, 0.15) is 18.7 Å². The number of aromatic amines is 1. The second kappa shape index (κ2) is 6.20. The van der Waals surface area contributed by atoms with Crippen molar-refractivity contribution >= 4 is 34.5 Å². The third kappa shape index (κ3) is 2.73. The van der Waals surface area contributed by atoms with Crippen LogP contribution in [0.2, 0.25) is 5.02 Å². The topological polar surface area (TPSA) is 78.0 Å². The minimum Gasteiger partial charge on any atom is -0.351 e. The number of anilines is 1. The Morgan fingerprint density at radius 1 is 1.19 bits per heavy atom. The molecule has 2 aliphatic rings. The van der Waals surface area contributed by atoms with E-state index < -0.39 is 0 Å². The second-order valence-corrected chi connectivity index (χ2v) is 7.49. The molecule has 1 N–H and O–H groups in total. The molecule has 0 saturated carbocycles. The molecule has 3 aromatic rings. The summed E-state index contributed by atoms with van der Waals surface area (Å²) >= 11 is 6.34. The number of fused-ring (bicyclic) bond motifs is 2. The van der Waals surface area contributed by atoms with Gasteiger partial charge in [-0.15, -0.1) is 0 Å². The number of aromatic nitrogens is 4. The smallest absolute Gasteiger partial charge is 0.223 e. The highest BCUT2D eigenvalue weighted by molar-refractivity contribution is 6.33. The van der Waals surface area contributed by atoms with Crippen molar-refractivity contribution in [1.29, 1.82) is 0 Å². The Hall–Kier alpha value is -2.67. The number of hydrogen-bond donors (Lipinski definition) is 1. The Morgan fingerprint density at radius 3 is 2.89 bits per heavy atom. The molecular weight excluding hydrogens is 364 g/mol. The number of amides is 1. The molecule has 7 nitrogen and oxygen atoms in total. The van der Waals surface area contributed by atoms with E-state index in [-0.39, 0.29) is 11.9 Å². The van der Waals surface area contributed by atoms with Gasteiger partial charge in [-0.25, -0.2) is 15.0 Å². The lowest BCUT2D eigenvalue weighted by molar-refractivity contribution is -0.129. The van der Waals surface area contributed by atoms with Crippen LogP contribution in [0.15, 0.2) is 24.3 Å². The number of aryl methyl sites for hydroxylation is 1. The summed E-state index contributed by atoms with van der Waals surface area (Å²) in [5.74, 6) is 2.49. The van der Waals surface area contributed by atoms with Gasteiger partial charge >= 0.3 is 0 Å². The molecule has 1 aromatic carbocycles. The maximum absolute atomic E-state index is 12.0. The first-order chi connectivity index (χ1) is 13.1. The summed E-state index contributed by atoms with van der Waals surface area (Å²) in [7, 11) is 0. The molecule has 2 fully saturated rings. The van der Waals surface area contributed by atoms with Gasteiger partial charge in [0.25, 0.3) is 0 Å². The molecule has 5 rings (SSSR count). The average molecular weight is 383 g/mol. The molecule has 0 radical (unpaired) electrons. The molecule has 8 heteroatoms. The SMILES string of the molecule is Cc1nc(N2CCN3C(=O)CCC3C2)c2[nH]c(-c3ccccc3Cl)nc2n1. The summed E-state index contributed by atoms with van der Waals surface area (Å²) in [6.45, 7) is 4.16. The lowest BCUT2D eigenvalue weighted by atomic mass is 10.1. The van der Waals surface area contributed by atoms with Gasteiger partial charge in [0.1, 0.15) is 17.2 Å². The van der Waals surface area contributed by atoms with Crippen molar-refractivity contribution in [1.82, 2.24) is 24.8 Å². The summed E-state index contributed by atoms with van der Waals surface area (Å²) < 4.78 is 0. The van der Waals surface area contributed by atoms with Crippen LogP contribution in [-0.4, -0.2) is 56.4 Å². The number of imidazole rings is 1. The van der Waals surface area contributed by atoms with E-state index in [2.05, 4.69) is 19.9 Å². The van der Waals surface area contributed by atoms with Gasteiger partial charge in [0.15, 0.2) is 11.5 Å². The Labute approximate surface area is 161 Å². The molecule has 2 saturated heterocycles. The van der Waals surface area contributed by atoms with Gasteiger partial charge in [0.05, 0.1) is 5.02 Å². The average Bonchev–Trinajstić information content (AvgIpc) is 3.25. The fraction of sp³-hybridized carbons (Fsp3) is 0.368. The van der Waals surface area contributed by atoms with Crippen LogP contribution < -0.4 is 4.90 Å². The summed E-state index contributed by atoms with van der Waals surface area (Å²) in [6, 6.07) is 7.87. The number of carbonyl (C=O) groups is 1. The van der Waals surface area contributed by atoms with Crippen LogP contribution in [0.5, 0.6) is 0 Å². The van der Waals surface area contributed by atoms with Gasteiger partial charge in [-0.05, 0) is 25.5 Å². The fourth-order valence-corrected chi connectivity index (χ4v) is 4.28. The van der Waals surface area contributed by atoms with Crippen molar-refractivity contribution in [3.05, 3.63) is 35.1 Å². The van der Waals surface area contributed by atoms with E-state index in [0.717, 1.165) is 43.0 Å². The summed E-state index contributed by atoms with van der Waals surface area (Å²) in [4.78, 5) is 33.4. The van der Waals surface area contributed by atoms with Crippen molar-refractivity contribution in [3.63, 3.8) is 0 Å². The zero-order valence-corrected chi connectivity index (χ0v) is 15.7.